The van der Waals surface area contributed by atoms with Gasteiger partial charge >= 0.3 is 17.9 Å². The van der Waals surface area contributed by atoms with E-state index in [1.54, 1.807) is 0 Å². The summed E-state index contributed by atoms with van der Waals surface area (Å²) < 4.78 is 5.61. The van der Waals surface area contributed by atoms with Gasteiger partial charge in [-0.2, -0.15) is 0 Å². The molecule has 162 valence electrons. The van der Waals surface area contributed by atoms with Gasteiger partial charge in [-0.25, -0.2) is 9.59 Å². The van der Waals surface area contributed by atoms with Crippen LogP contribution >= 0.6 is 0 Å². The number of hydrogen-bond acceptors (Lipinski definition) is 5. The molecule has 2 rings (SSSR count). The summed E-state index contributed by atoms with van der Waals surface area (Å²) >= 11 is 0. The van der Waals surface area contributed by atoms with E-state index < -0.39 is 11.9 Å². The molecular weight excluding hydrogens is 374 g/mol. The van der Waals surface area contributed by atoms with Crippen molar-refractivity contribution in [3.63, 3.8) is 0 Å². The third-order valence-corrected chi connectivity index (χ3v) is 5.10. The number of aliphatic carboxylic acids is 2. The fourth-order valence-electron chi connectivity index (χ4n) is 3.45. The van der Waals surface area contributed by atoms with Crippen molar-refractivity contribution in [2.45, 2.75) is 51.9 Å². The second-order valence-corrected chi connectivity index (χ2v) is 7.14. The van der Waals surface area contributed by atoms with Gasteiger partial charge in [-0.1, -0.05) is 63.4 Å². The lowest BCUT2D eigenvalue weighted by Crippen LogP contribution is -2.43. The lowest BCUT2D eigenvalue weighted by Gasteiger charge is -2.37. The molecule has 29 heavy (non-hydrogen) atoms. The Hall–Kier alpha value is -2.41. The third kappa shape index (κ3) is 9.09. The Morgan fingerprint density at radius 2 is 1.69 bits per heavy atom. The largest absolute Gasteiger partial charge is 0.473 e. The van der Waals surface area contributed by atoms with Crippen LogP contribution in [-0.2, 0) is 19.1 Å². The van der Waals surface area contributed by atoms with Crippen molar-refractivity contribution in [3.05, 3.63) is 35.9 Å². The van der Waals surface area contributed by atoms with E-state index in [2.05, 4.69) is 43.0 Å². The molecule has 1 fully saturated rings. The first kappa shape index (κ1) is 24.6. The molecule has 7 heteroatoms. The predicted molar refractivity (Wildman–Crippen MR) is 110 cm³/mol. The van der Waals surface area contributed by atoms with E-state index >= 15 is 0 Å². The number of carboxylic acids is 2. The van der Waals surface area contributed by atoms with Gasteiger partial charge in [-0.3, -0.25) is 4.79 Å². The predicted octanol–water partition coefficient (Wildman–Crippen LogP) is 3.39. The van der Waals surface area contributed by atoms with Gasteiger partial charge in [0.15, 0.2) is 0 Å². The van der Waals surface area contributed by atoms with Crippen LogP contribution in [0.4, 0.5) is 0 Å². The van der Waals surface area contributed by atoms with Crippen LogP contribution in [0.3, 0.4) is 0 Å². The summed E-state index contributed by atoms with van der Waals surface area (Å²) in [5.41, 5.74) is 1.27. The van der Waals surface area contributed by atoms with Crippen molar-refractivity contribution in [2.75, 3.05) is 26.2 Å². The Bertz CT molecular complexity index is 621. The van der Waals surface area contributed by atoms with Crippen molar-refractivity contribution >= 4 is 17.9 Å². The molecule has 0 amide bonds. The number of nitrogens with zero attached hydrogens (tertiary/aromatic N) is 1. The second kappa shape index (κ2) is 13.7. The van der Waals surface area contributed by atoms with Crippen LogP contribution < -0.4 is 0 Å². The average molecular weight is 408 g/mol. The molecule has 1 aromatic rings. The molecule has 0 aromatic heterocycles. The van der Waals surface area contributed by atoms with Crippen LogP contribution in [0, 0.1) is 5.92 Å². The summed E-state index contributed by atoms with van der Waals surface area (Å²) in [7, 11) is 0. The highest BCUT2D eigenvalue weighted by Crippen LogP contribution is 2.33. The van der Waals surface area contributed by atoms with Crippen LogP contribution in [0.2, 0.25) is 0 Å². The number of benzene rings is 1. The maximum Gasteiger partial charge on any atom is 0.414 e. The van der Waals surface area contributed by atoms with Crippen molar-refractivity contribution < 1.29 is 29.3 Å². The van der Waals surface area contributed by atoms with Crippen LogP contribution in [-0.4, -0.2) is 59.3 Å². The van der Waals surface area contributed by atoms with Crippen molar-refractivity contribution in [2.24, 2.45) is 5.92 Å². The standard InChI is InChI=1S/C20H31NO2.C2H2O4/c1-3-5-6-10-15-23-20(22)19-16-21(4-2)14-13-18(19)17-11-8-7-9-12-17;3-1(4)2(5)6/h7-9,11-12,18-19H,3-6,10,13-16H2,1-2H3;(H,3,4)(H,5,6)/t18-,19-;/m0./s1. The van der Waals surface area contributed by atoms with Crippen LogP contribution in [0.25, 0.3) is 0 Å². The zero-order chi connectivity index (χ0) is 21.6. The molecule has 1 heterocycles. The molecule has 0 radical (unpaired) electrons. The molecule has 1 saturated heterocycles. The molecular formula is C22H33NO6. The van der Waals surface area contributed by atoms with Gasteiger partial charge in [0.2, 0.25) is 0 Å². The smallest absolute Gasteiger partial charge is 0.414 e. The van der Waals surface area contributed by atoms with Gasteiger partial charge in [0.1, 0.15) is 0 Å². The first-order chi connectivity index (χ1) is 13.9. The molecule has 0 aliphatic carbocycles. The number of likely N-dealkylation sites (tertiary alicyclic amines) is 1. The molecule has 2 atom stereocenters. The first-order valence-corrected chi connectivity index (χ1v) is 10.3. The van der Waals surface area contributed by atoms with E-state index in [0.717, 1.165) is 38.9 Å². The third-order valence-electron chi connectivity index (χ3n) is 5.10. The van der Waals surface area contributed by atoms with Crippen molar-refractivity contribution in [1.29, 1.82) is 0 Å². The van der Waals surface area contributed by atoms with E-state index in [9.17, 15) is 4.79 Å². The lowest BCUT2D eigenvalue weighted by atomic mass is 9.80. The monoisotopic (exact) mass is 407 g/mol. The van der Waals surface area contributed by atoms with E-state index in [1.165, 1.54) is 18.4 Å². The number of piperidine rings is 1. The topological polar surface area (TPSA) is 104 Å². The minimum Gasteiger partial charge on any atom is -0.473 e. The lowest BCUT2D eigenvalue weighted by molar-refractivity contribution is -0.159. The summed E-state index contributed by atoms with van der Waals surface area (Å²) in [4.78, 5) is 33.2. The molecule has 7 nitrogen and oxygen atoms in total. The summed E-state index contributed by atoms with van der Waals surface area (Å²) in [5.74, 6) is -3.39. The number of hydrogen-bond donors (Lipinski definition) is 2. The Morgan fingerprint density at radius 3 is 2.24 bits per heavy atom. The van der Waals surface area contributed by atoms with Crippen molar-refractivity contribution in [1.82, 2.24) is 4.90 Å². The molecule has 1 aromatic carbocycles. The number of carbonyl (C=O) groups excluding carboxylic acids is 1. The molecule has 1 aliphatic rings. The van der Waals surface area contributed by atoms with Gasteiger partial charge in [-0.15, -0.1) is 0 Å². The Kier molecular flexibility index (Phi) is 11.6. The fraction of sp³-hybridized carbons (Fsp3) is 0.591. The van der Waals surface area contributed by atoms with Gasteiger partial charge < -0.3 is 19.8 Å². The van der Waals surface area contributed by atoms with Crippen molar-refractivity contribution in [3.8, 4) is 0 Å². The maximum atomic E-state index is 12.6. The summed E-state index contributed by atoms with van der Waals surface area (Å²) in [6.07, 6.45) is 5.60. The van der Waals surface area contributed by atoms with E-state index in [-0.39, 0.29) is 11.9 Å². The second-order valence-electron chi connectivity index (χ2n) is 7.14. The zero-order valence-corrected chi connectivity index (χ0v) is 17.4. The molecule has 0 saturated carbocycles. The van der Waals surface area contributed by atoms with Gasteiger partial charge in [-0.05, 0) is 37.4 Å². The summed E-state index contributed by atoms with van der Waals surface area (Å²) in [6.45, 7) is 7.82. The van der Waals surface area contributed by atoms with Gasteiger partial charge in [0, 0.05) is 6.54 Å². The van der Waals surface area contributed by atoms with Gasteiger partial charge in [0.05, 0.1) is 12.5 Å². The summed E-state index contributed by atoms with van der Waals surface area (Å²) in [6, 6.07) is 10.5. The highest BCUT2D eigenvalue weighted by molar-refractivity contribution is 6.27. The zero-order valence-electron chi connectivity index (χ0n) is 17.4. The van der Waals surface area contributed by atoms with Crippen LogP contribution in [0.1, 0.15) is 57.4 Å². The molecule has 0 spiro atoms. The van der Waals surface area contributed by atoms with E-state index in [0.29, 0.717) is 12.5 Å². The molecule has 0 bridgehead atoms. The van der Waals surface area contributed by atoms with Crippen LogP contribution in [0.15, 0.2) is 30.3 Å². The van der Waals surface area contributed by atoms with E-state index in [4.69, 9.17) is 24.5 Å². The number of unbranched alkanes of at least 4 members (excludes halogenated alkanes) is 3. The molecule has 0 unspecified atom stereocenters. The summed E-state index contributed by atoms with van der Waals surface area (Å²) in [5, 5.41) is 14.8. The minimum atomic E-state index is -1.82. The highest BCUT2D eigenvalue weighted by atomic mass is 16.5. The minimum absolute atomic E-state index is 0.00602. The highest BCUT2D eigenvalue weighted by Gasteiger charge is 2.35. The molecule has 1 aliphatic heterocycles. The number of carbonyl (C=O) groups is 3. The fourth-order valence-corrected chi connectivity index (χ4v) is 3.45. The number of rotatable bonds is 8. The Balaban J connectivity index is 0.000000612. The number of carboxylic acid groups (broad SMARTS) is 2. The van der Waals surface area contributed by atoms with Crippen LogP contribution in [0.5, 0.6) is 0 Å². The van der Waals surface area contributed by atoms with E-state index in [1.807, 2.05) is 6.07 Å². The number of esters is 1. The quantitative estimate of drug-likeness (QED) is 0.387. The van der Waals surface area contributed by atoms with Gasteiger partial charge in [0.25, 0.3) is 0 Å². The Morgan fingerprint density at radius 1 is 1.03 bits per heavy atom. The normalized spacial score (nSPS) is 19.0. The maximum absolute atomic E-state index is 12.6. The number of ether oxygens (including phenoxy) is 1. The molecule has 2 N–H and O–H groups in total. The SMILES string of the molecule is CCCCCCOC(=O)[C@H]1CN(CC)CC[C@H]1c1ccccc1.O=C(O)C(=O)O. The first-order valence-electron chi connectivity index (χ1n) is 10.3. The average Bonchev–Trinajstić information content (AvgIpc) is 2.74. The Labute approximate surface area is 172 Å².